The molecule has 2 aromatic heterocycles. The Morgan fingerprint density at radius 3 is 2.55 bits per heavy atom. The number of esters is 2. The van der Waals surface area contributed by atoms with E-state index in [9.17, 15) is 33.6 Å². The van der Waals surface area contributed by atoms with Gasteiger partial charge in [0.2, 0.25) is 11.5 Å². The number of carbonyl (C=O) groups is 6. The van der Waals surface area contributed by atoms with Crippen LogP contribution in [-0.4, -0.2) is 102 Å². The van der Waals surface area contributed by atoms with Crippen molar-refractivity contribution in [2.75, 3.05) is 46.1 Å². The molecule has 17 nitrogen and oxygen atoms in total. The van der Waals surface area contributed by atoms with E-state index in [0.29, 0.717) is 11.4 Å². The summed E-state index contributed by atoms with van der Waals surface area (Å²) in [6, 6.07) is 10.0. The Morgan fingerprint density at radius 1 is 1.00 bits per heavy atom. The summed E-state index contributed by atoms with van der Waals surface area (Å²) in [6.45, 7) is 2.66. The van der Waals surface area contributed by atoms with Crippen LogP contribution in [0.25, 0.3) is 22.3 Å². The van der Waals surface area contributed by atoms with E-state index >= 15 is 0 Å². The van der Waals surface area contributed by atoms with Gasteiger partial charge >= 0.3 is 18.0 Å². The van der Waals surface area contributed by atoms with Gasteiger partial charge in [0, 0.05) is 35.2 Å². The predicted molar refractivity (Wildman–Crippen MR) is 183 cm³/mol. The maximum atomic E-state index is 13.7. The Bertz CT molecular complexity index is 2060. The van der Waals surface area contributed by atoms with E-state index in [-0.39, 0.29) is 75.8 Å². The minimum Gasteiger partial charge on any atom is -0.457 e. The molecule has 0 saturated carbocycles. The molecular weight excluding hydrogens is 694 g/mol. The first-order valence-corrected chi connectivity index (χ1v) is 17.0. The van der Waals surface area contributed by atoms with Gasteiger partial charge < -0.3 is 38.9 Å². The summed E-state index contributed by atoms with van der Waals surface area (Å²) < 4.78 is 28.3. The lowest BCUT2D eigenvalue weighted by Gasteiger charge is -2.36. The second kappa shape index (κ2) is 15.7. The van der Waals surface area contributed by atoms with Crippen LogP contribution in [0, 0.1) is 0 Å². The molecule has 2 N–H and O–H groups in total. The van der Waals surface area contributed by atoms with Gasteiger partial charge in [0.25, 0.3) is 17.4 Å². The van der Waals surface area contributed by atoms with Crippen LogP contribution in [0.2, 0.25) is 0 Å². The molecular formula is C36H37N5O12. The van der Waals surface area contributed by atoms with Crippen molar-refractivity contribution in [1.29, 1.82) is 0 Å². The first kappa shape index (κ1) is 36.8. The molecule has 0 radical (unpaired) electrons. The predicted octanol–water partition coefficient (Wildman–Crippen LogP) is 0.820. The highest BCUT2D eigenvalue weighted by molar-refractivity contribution is 6.12. The van der Waals surface area contributed by atoms with Gasteiger partial charge in [0.1, 0.15) is 25.9 Å². The van der Waals surface area contributed by atoms with Gasteiger partial charge in [0.15, 0.2) is 0 Å². The van der Waals surface area contributed by atoms with Crippen molar-refractivity contribution >= 4 is 46.7 Å². The minimum absolute atomic E-state index is 0.0111. The Labute approximate surface area is 302 Å². The summed E-state index contributed by atoms with van der Waals surface area (Å²) in [5, 5.41) is 5.83. The maximum absolute atomic E-state index is 13.7. The number of amides is 4. The number of hydrogen-bond acceptors (Lipinski definition) is 13. The third-order valence-corrected chi connectivity index (χ3v) is 8.96. The molecule has 3 aliphatic rings. The normalized spacial score (nSPS) is 17.5. The Hall–Kier alpha value is -5.94. The van der Waals surface area contributed by atoms with E-state index in [1.807, 2.05) is 30.3 Å². The Balaban J connectivity index is 0.967. The molecule has 0 bridgehead atoms. The number of benzene rings is 1. The number of nitrogens with one attached hydrogen (secondary N) is 2. The maximum Gasteiger partial charge on any atom is 0.407 e. The van der Waals surface area contributed by atoms with E-state index in [0.717, 1.165) is 21.4 Å². The van der Waals surface area contributed by atoms with Crippen LogP contribution in [0.15, 0.2) is 53.3 Å². The second-order valence-corrected chi connectivity index (χ2v) is 12.4. The van der Waals surface area contributed by atoms with Gasteiger partial charge in [-0.05, 0) is 31.5 Å². The average Bonchev–Trinajstić information content (AvgIpc) is 3.67. The number of cyclic esters (lactones) is 1. The van der Waals surface area contributed by atoms with Crippen LogP contribution in [-0.2, 0) is 66.4 Å². The lowest BCUT2D eigenvalue weighted by atomic mass is 9.85. The van der Waals surface area contributed by atoms with Gasteiger partial charge in [-0.2, -0.15) is 0 Å². The highest BCUT2D eigenvalue weighted by Crippen LogP contribution is 2.41. The van der Waals surface area contributed by atoms with Crippen molar-refractivity contribution in [3.8, 4) is 11.4 Å². The molecule has 2 atom stereocenters. The van der Waals surface area contributed by atoms with Crippen LogP contribution in [0.5, 0.6) is 0 Å². The summed E-state index contributed by atoms with van der Waals surface area (Å²) in [6.07, 6.45) is 1.56. The van der Waals surface area contributed by atoms with E-state index in [1.165, 1.54) is 19.1 Å². The van der Waals surface area contributed by atoms with Gasteiger partial charge in [-0.3, -0.25) is 24.1 Å². The molecule has 0 aliphatic carbocycles. The van der Waals surface area contributed by atoms with Crippen molar-refractivity contribution in [2.45, 2.75) is 45.1 Å². The Morgan fingerprint density at radius 2 is 1.77 bits per heavy atom. The summed E-state index contributed by atoms with van der Waals surface area (Å²) in [7, 11) is 0. The zero-order valence-electron chi connectivity index (χ0n) is 29.0. The van der Waals surface area contributed by atoms with Crippen molar-refractivity contribution < 1.29 is 52.5 Å². The number of hydrogen-bond donors (Lipinski definition) is 2. The highest BCUT2D eigenvalue weighted by atomic mass is 16.6. The summed E-state index contributed by atoms with van der Waals surface area (Å²) in [4.78, 5) is 93.6. The molecule has 278 valence electrons. The number of aromatic nitrogens is 2. The van der Waals surface area contributed by atoms with E-state index < -0.39 is 54.0 Å². The van der Waals surface area contributed by atoms with E-state index in [2.05, 4.69) is 10.6 Å². The fraction of sp³-hybridized carbons (Fsp3) is 0.389. The van der Waals surface area contributed by atoms with Gasteiger partial charge in [-0.25, -0.2) is 19.4 Å². The molecule has 0 spiro atoms. The van der Waals surface area contributed by atoms with E-state index in [4.69, 9.17) is 28.7 Å². The molecule has 53 heavy (non-hydrogen) atoms. The molecule has 3 aliphatic heterocycles. The smallest absolute Gasteiger partial charge is 0.407 e. The molecule has 0 saturated heterocycles. The highest BCUT2D eigenvalue weighted by Gasteiger charge is 2.51. The second-order valence-electron chi connectivity index (χ2n) is 12.4. The SMILES string of the molecule is CC[C@@]1(OC(=O)C(C)NC(=O)COCCNC(=O)OCCOCCN2C(=O)C=CC2=O)C(=O)OCc2c1cc1n(c2=O)Cc2cc3ccccc3nc2-1. The molecule has 0 fully saturated rings. The van der Waals surface area contributed by atoms with Crippen LogP contribution in [0.3, 0.4) is 0 Å². The van der Waals surface area contributed by atoms with Crippen LogP contribution in [0.1, 0.15) is 37.0 Å². The van der Waals surface area contributed by atoms with Gasteiger partial charge in [0.05, 0.1) is 55.4 Å². The lowest BCUT2D eigenvalue weighted by Crippen LogP contribution is -2.51. The first-order chi connectivity index (χ1) is 25.5. The summed E-state index contributed by atoms with van der Waals surface area (Å²) >= 11 is 0. The number of rotatable bonds is 15. The van der Waals surface area contributed by atoms with Crippen molar-refractivity contribution in [1.82, 2.24) is 25.1 Å². The number of imide groups is 1. The average molecular weight is 732 g/mol. The number of ether oxygens (including phenoxy) is 5. The van der Waals surface area contributed by atoms with Crippen molar-refractivity contribution in [3.63, 3.8) is 0 Å². The molecule has 3 aromatic rings. The van der Waals surface area contributed by atoms with Crippen molar-refractivity contribution in [3.05, 3.63) is 75.6 Å². The number of carbonyl (C=O) groups excluding carboxylic acids is 6. The molecule has 6 rings (SSSR count). The fourth-order valence-corrected chi connectivity index (χ4v) is 6.23. The summed E-state index contributed by atoms with van der Waals surface area (Å²) in [5.41, 5.74) is 0.771. The van der Waals surface area contributed by atoms with Crippen LogP contribution in [0.4, 0.5) is 4.79 Å². The zero-order chi connectivity index (χ0) is 37.7. The molecule has 1 unspecified atom stereocenters. The topological polar surface area (TPSA) is 211 Å². The first-order valence-electron chi connectivity index (χ1n) is 17.0. The lowest BCUT2D eigenvalue weighted by molar-refractivity contribution is -0.190. The molecule has 5 heterocycles. The fourth-order valence-electron chi connectivity index (χ4n) is 6.23. The minimum atomic E-state index is -1.94. The van der Waals surface area contributed by atoms with Crippen LogP contribution < -0.4 is 16.2 Å². The van der Waals surface area contributed by atoms with Gasteiger partial charge in [-0.1, -0.05) is 25.1 Å². The standard InChI is InChI=1S/C36H37N5O12/c1-3-36(25-17-27-31-23(16-22-6-4-5-7-26(22)39-31)18-41(27)32(45)24(25)19-52-34(36)47)53-33(46)21(2)38-28(42)20-50-12-10-37-35(48)51-15-14-49-13-11-40-29(43)8-9-30(40)44/h4-9,16-17,21H,3,10-15,18-20H2,1-2H3,(H,37,48)(H,38,42)/t21?,36-/m0/s1. The summed E-state index contributed by atoms with van der Waals surface area (Å²) in [5.74, 6) is -3.25. The number of para-hydroxylation sites is 1. The number of pyridine rings is 2. The largest absolute Gasteiger partial charge is 0.457 e. The molecule has 17 heteroatoms. The molecule has 1 aromatic carbocycles. The third-order valence-electron chi connectivity index (χ3n) is 8.96. The van der Waals surface area contributed by atoms with E-state index in [1.54, 1.807) is 17.6 Å². The molecule has 4 amide bonds. The number of fused-ring (bicyclic) bond motifs is 5. The Kier molecular flexibility index (Phi) is 10.9. The van der Waals surface area contributed by atoms with Crippen LogP contribution >= 0.6 is 0 Å². The number of nitrogens with zero attached hydrogens (tertiary/aromatic N) is 3. The monoisotopic (exact) mass is 731 g/mol. The van der Waals surface area contributed by atoms with Crippen molar-refractivity contribution in [2.24, 2.45) is 0 Å². The van der Waals surface area contributed by atoms with Gasteiger partial charge in [-0.15, -0.1) is 0 Å². The number of alkyl carbamates (subject to hydrolysis) is 1. The zero-order valence-corrected chi connectivity index (χ0v) is 29.0. The quantitative estimate of drug-likeness (QED) is 0.0752. The third kappa shape index (κ3) is 7.66.